The lowest BCUT2D eigenvalue weighted by molar-refractivity contribution is 0.0691. The van der Waals surface area contributed by atoms with Gasteiger partial charge in [0.25, 0.3) is 5.91 Å². The topological polar surface area (TPSA) is 70.5 Å². The Balaban J connectivity index is 1.70. The maximum atomic E-state index is 12.3. The largest absolute Gasteiger partial charge is 0.476 e. The van der Waals surface area contributed by atoms with E-state index in [4.69, 9.17) is 5.11 Å². The monoisotopic (exact) mass is 302 g/mol. The molecule has 1 N–H and O–H groups in total. The highest BCUT2D eigenvalue weighted by atomic mass is 32.1. The quantitative estimate of drug-likeness (QED) is 0.945. The summed E-state index contributed by atoms with van der Waals surface area (Å²) in [5.74, 6) is -0.936. The fraction of sp³-hybridized carbons (Fsp3) is 0.267. The molecule has 0 aliphatic carbocycles. The van der Waals surface area contributed by atoms with Gasteiger partial charge in [0.2, 0.25) is 0 Å². The molecule has 3 rings (SSSR count). The molecule has 1 unspecified atom stereocenters. The average Bonchev–Trinajstić information content (AvgIpc) is 3.17. The third-order valence-corrected chi connectivity index (χ3v) is 4.48. The van der Waals surface area contributed by atoms with Gasteiger partial charge in [0.1, 0.15) is 0 Å². The standard InChI is InChI=1S/C15H14N2O3S/c18-14(13-16-12(9-21-13)15(19)20)17-7-6-11(8-17)10-4-2-1-3-5-10/h1-5,9,11H,6-8H2,(H,19,20). The van der Waals surface area contributed by atoms with Crippen LogP contribution in [0.2, 0.25) is 0 Å². The van der Waals surface area contributed by atoms with Crippen LogP contribution in [0.5, 0.6) is 0 Å². The van der Waals surface area contributed by atoms with E-state index in [2.05, 4.69) is 17.1 Å². The van der Waals surface area contributed by atoms with E-state index in [-0.39, 0.29) is 16.6 Å². The van der Waals surface area contributed by atoms with Crippen LogP contribution in [0, 0.1) is 0 Å². The van der Waals surface area contributed by atoms with Crippen LogP contribution in [0.25, 0.3) is 0 Å². The van der Waals surface area contributed by atoms with Gasteiger partial charge < -0.3 is 10.0 Å². The molecule has 1 aliphatic heterocycles. The van der Waals surface area contributed by atoms with E-state index in [1.54, 1.807) is 4.90 Å². The fourth-order valence-corrected chi connectivity index (χ4v) is 3.31. The first-order chi connectivity index (χ1) is 10.1. The number of benzene rings is 1. The minimum Gasteiger partial charge on any atom is -0.476 e. The molecule has 1 saturated heterocycles. The van der Waals surface area contributed by atoms with Gasteiger partial charge in [-0.3, -0.25) is 4.79 Å². The minimum absolute atomic E-state index is 0.0674. The zero-order valence-corrected chi connectivity index (χ0v) is 12.0. The number of hydrogen-bond donors (Lipinski definition) is 1. The highest BCUT2D eigenvalue weighted by molar-refractivity contribution is 7.11. The van der Waals surface area contributed by atoms with Crippen LogP contribution in [0.4, 0.5) is 0 Å². The summed E-state index contributed by atoms with van der Waals surface area (Å²) in [7, 11) is 0. The van der Waals surface area contributed by atoms with E-state index < -0.39 is 5.97 Å². The molecule has 1 fully saturated rings. The number of amides is 1. The van der Waals surface area contributed by atoms with Crippen LogP contribution in [0.15, 0.2) is 35.7 Å². The number of likely N-dealkylation sites (tertiary alicyclic amines) is 1. The number of carbonyl (C=O) groups excluding carboxylic acids is 1. The highest BCUT2D eigenvalue weighted by Gasteiger charge is 2.29. The van der Waals surface area contributed by atoms with Gasteiger partial charge in [0.05, 0.1) is 0 Å². The molecule has 0 radical (unpaired) electrons. The molecule has 1 aromatic carbocycles. The summed E-state index contributed by atoms with van der Waals surface area (Å²) in [6.45, 7) is 1.34. The zero-order chi connectivity index (χ0) is 14.8. The molecule has 0 spiro atoms. The summed E-state index contributed by atoms with van der Waals surface area (Å²) in [6, 6.07) is 10.1. The van der Waals surface area contributed by atoms with E-state index in [9.17, 15) is 9.59 Å². The summed E-state index contributed by atoms with van der Waals surface area (Å²) in [5, 5.41) is 10.5. The molecule has 21 heavy (non-hydrogen) atoms. The second kappa shape index (κ2) is 5.65. The summed E-state index contributed by atoms with van der Waals surface area (Å²) in [4.78, 5) is 28.8. The van der Waals surface area contributed by atoms with Crippen molar-refractivity contribution in [3.63, 3.8) is 0 Å². The molecule has 2 aromatic rings. The Labute approximate surface area is 125 Å². The summed E-state index contributed by atoms with van der Waals surface area (Å²) >= 11 is 1.09. The number of hydrogen-bond acceptors (Lipinski definition) is 4. The highest BCUT2D eigenvalue weighted by Crippen LogP contribution is 2.28. The predicted octanol–water partition coefficient (Wildman–Crippen LogP) is 2.47. The van der Waals surface area contributed by atoms with E-state index in [1.807, 2.05) is 18.2 Å². The normalized spacial score (nSPS) is 17.9. The molecular formula is C15H14N2O3S. The lowest BCUT2D eigenvalue weighted by Crippen LogP contribution is -2.28. The molecule has 2 heterocycles. The second-order valence-corrected chi connectivity index (χ2v) is 5.85. The van der Waals surface area contributed by atoms with Crippen LogP contribution in [-0.2, 0) is 0 Å². The zero-order valence-electron chi connectivity index (χ0n) is 11.2. The summed E-state index contributed by atoms with van der Waals surface area (Å²) in [5.41, 5.74) is 1.17. The lowest BCUT2D eigenvalue weighted by Gasteiger charge is -2.15. The van der Waals surface area contributed by atoms with Gasteiger partial charge >= 0.3 is 5.97 Å². The maximum absolute atomic E-state index is 12.3. The number of carboxylic acid groups (broad SMARTS) is 1. The fourth-order valence-electron chi connectivity index (χ4n) is 2.55. The van der Waals surface area contributed by atoms with Gasteiger partial charge in [-0.2, -0.15) is 0 Å². The van der Waals surface area contributed by atoms with Crippen LogP contribution in [-0.4, -0.2) is 40.0 Å². The van der Waals surface area contributed by atoms with Crippen molar-refractivity contribution in [3.05, 3.63) is 52.0 Å². The first kappa shape index (κ1) is 13.8. The van der Waals surface area contributed by atoms with Gasteiger partial charge in [-0.1, -0.05) is 30.3 Å². The van der Waals surface area contributed by atoms with Crippen molar-refractivity contribution in [2.45, 2.75) is 12.3 Å². The molecular weight excluding hydrogens is 288 g/mol. The SMILES string of the molecule is O=C(O)c1csc(C(=O)N2CCC(c3ccccc3)C2)n1. The summed E-state index contributed by atoms with van der Waals surface area (Å²) < 4.78 is 0. The number of aromatic carboxylic acids is 1. The van der Waals surface area contributed by atoms with Crippen LogP contribution >= 0.6 is 11.3 Å². The van der Waals surface area contributed by atoms with Crippen molar-refractivity contribution in [1.82, 2.24) is 9.88 Å². The number of thiazole rings is 1. The van der Waals surface area contributed by atoms with Crippen molar-refractivity contribution >= 4 is 23.2 Å². The van der Waals surface area contributed by atoms with Gasteiger partial charge in [0.15, 0.2) is 10.7 Å². The van der Waals surface area contributed by atoms with Gasteiger partial charge in [0, 0.05) is 24.4 Å². The van der Waals surface area contributed by atoms with Crippen LogP contribution in [0.3, 0.4) is 0 Å². The number of carboxylic acids is 1. The Morgan fingerprint density at radius 2 is 2.05 bits per heavy atom. The van der Waals surface area contributed by atoms with E-state index in [0.29, 0.717) is 19.0 Å². The Morgan fingerprint density at radius 3 is 2.71 bits per heavy atom. The number of nitrogens with zero attached hydrogens (tertiary/aromatic N) is 2. The first-order valence-corrected chi connectivity index (χ1v) is 7.56. The molecule has 108 valence electrons. The third kappa shape index (κ3) is 2.80. The number of carbonyl (C=O) groups is 2. The van der Waals surface area contributed by atoms with E-state index in [1.165, 1.54) is 10.9 Å². The molecule has 5 nitrogen and oxygen atoms in total. The lowest BCUT2D eigenvalue weighted by atomic mass is 9.99. The van der Waals surface area contributed by atoms with E-state index >= 15 is 0 Å². The predicted molar refractivity (Wildman–Crippen MR) is 78.8 cm³/mol. The van der Waals surface area contributed by atoms with Gasteiger partial charge in [-0.25, -0.2) is 9.78 Å². The van der Waals surface area contributed by atoms with Crippen molar-refractivity contribution in [1.29, 1.82) is 0 Å². The molecule has 6 heteroatoms. The molecule has 1 aliphatic rings. The summed E-state index contributed by atoms with van der Waals surface area (Å²) in [6.07, 6.45) is 0.924. The Kier molecular flexibility index (Phi) is 3.70. The average molecular weight is 302 g/mol. The van der Waals surface area contributed by atoms with Gasteiger partial charge in [-0.15, -0.1) is 11.3 Å². The van der Waals surface area contributed by atoms with Crippen LogP contribution < -0.4 is 0 Å². The maximum Gasteiger partial charge on any atom is 0.355 e. The van der Waals surface area contributed by atoms with Crippen molar-refractivity contribution in [2.75, 3.05) is 13.1 Å². The minimum atomic E-state index is -1.10. The van der Waals surface area contributed by atoms with Crippen molar-refractivity contribution in [2.24, 2.45) is 0 Å². The molecule has 1 amide bonds. The third-order valence-electron chi connectivity index (χ3n) is 3.65. The number of aromatic nitrogens is 1. The van der Waals surface area contributed by atoms with Crippen molar-refractivity contribution in [3.8, 4) is 0 Å². The molecule has 0 saturated carbocycles. The Bertz CT molecular complexity index is 669. The molecule has 1 aromatic heterocycles. The molecule has 0 bridgehead atoms. The smallest absolute Gasteiger partial charge is 0.355 e. The molecule has 1 atom stereocenters. The van der Waals surface area contributed by atoms with Crippen LogP contribution in [0.1, 0.15) is 38.2 Å². The second-order valence-electron chi connectivity index (χ2n) is 4.99. The Hall–Kier alpha value is -2.21. The van der Waals surface area contributed by atoms with Gasteiger partial charge in [-0.05, 0) is 12.0 Å². The Morgan fingerprint density at radius 1 is 1.29 bits per heavy atom. The van der Waals surface area contributed by atoms with E-state index in [0.717, 1.165) is 17.8 Å². The van der Waals surface area contributed by atoms with Crippen molar-refractivity contribution < 1.29 is 14.7 Å². The first-order valence-electron chi connectivity index (χ1n) is 6.68. The number of rotatable bonds is 3.